The molecule has 1 fully saturated rings. The van der Waals surface area contributed by atoms with E-state index in [1.54, 1.807) is 0 Å². The number of hydrogen-bond donors (Lipinski definition) is 1. The molecule has 2 aromatic rings. The second-order valence-corrected chi connectivity index (χ2v) is 7.00. The van der Waals surface area contributed by atoms with Crippen LogP contribution in [0.3, 0.4) is 0 Å². The number of aryl methyl sites for hydroxylation is 1. The molecule has 1 N–H and O–H groups in total. The number of aromatic nitrogens is 1. The zero-order valence-corrected chi connectivity index (χ0v) is 15.7. The average Bonchev–Trinajstić information content (AvgIpc) is 2.72. The molecule has 26 heavy (non-hydrogen) atoms. The molecule has 0 saturated carbocycles. The Labute approximate surface area is 156 Å². The second kappa shape index (κ2) is 9.37. The van der Waals surface area contributed by atoms with E-state index in [1.807, 2.05) is 36.5 Å². The number of pyridine rings is 1. The van der Waals surface area contributed by atoms with Gasteiger partial charge in [-0.2, -0.15) is 0 Å². The Morgan fingerprint density at radius 2 is 2.04 bits per heavy atom. The predicted octanol–water partition coefficient (Wildman–Crippen LogP) is 4.21. The molecule has 0 spiro atoms. The third-order valence-corrected chi connectivity index (χ3v) is 5.18. The molecule has 1 unspecified atom stereocenters. The van der Waals surface area contributed by atoms with Gasteiger partial charge in [0.2, 0.25) is 0 Å². The summed E-state index contributed by atoms with van der Waals surface area (Å²) in [7, 11) is 0. The predicted molar refractivity (Wildman–Crippen MR) is 107 cm³/mol. The van der Waals surface area contributed by atoms with Crippen LogP contribution in [0.1, 0.15) is 55.1 Å². The number of rotatable bonds is 7. The minimum absolute atomic E-state index is 0.0877. The first kappa shape index (κ1) is 18.4. The van der Waals surface area contributed by atoms with Gasteiger partial charge in [-0.15, -0.1) is 0 Å². The molecule has 0 radical (unpaired) electrons. The normalized spacial score (nSPS) is 17.1. The average molecular weight is 351 g/mol. The van der Waals surface area contributed by atoms with Crippen molar-refractivity contribution in [3.05, 3.63) is 59.9 Å². The fraction of sp³-hybridized carbons (Fsp3) is 0.455. The molecule has 2 heterocycles. The molecule has 0 aliphatic carbocycles. The van der Waals surface area contributed by atoms with Crippen LogP contribution < -0.4 is 10.2 Å². The fourth-order valence-electron chi connectivity index (χ4n) is 3.68. The molecule has 4 nitrogen and oxygen atoms in total. The molecular weight excluding hydrogens is 322 g/mol. The highest BCUT2D eigenvalue weighted by atomic mass is 16.1. The highest BCUT2D eigenvalue weighted by molar-refractivity contribution is 5.92. The van der Waals surface area contributed by atoms with Crippen molar-refractivity contribution in [1.82, 2.24) is 10.3 Å². The summed E-state index contributed by atoms with van der Waals surface area (Å²) in [6.07, 6.45) is 8.71. The molecule has 4 heteroatoms. The van der Waals surface area contributed by atoms with E-state index in [4.69, 9.17) is 0 Å². The van der Waals surface area contributed by atoms with Gasteiger partial charge < -0.3 is 10.2 Å². The molecule has 1 amide bonds. The summed E-state index contributed by atoms with van der Waals surface area (Å²) in [6, 6.07) is 14.8. The maximum absolute atomic E-state index is 12.3. The Kier molecular flexibility index (Phi) is 6.64. The van der Waals surface area contributed by atoms with E-state index in [0.29, 0.717) is 18.3 Å². The van der Waals surface area contributed by atoms with Gasteiger partial charge in [-0.25, -0.2) is 4.98 Å². The summed E-state index contributed by atoms with van der Waals surface area (Å²) in [6.45, 7) is 4.00. The van der Waals surface area contributed by atoms with E-state index in [1.165, 1.54) is 24.8 Å². The van der Waals surface area contributed by atoms with Crippen LogP contribution in [0, 0.1) is 0 Å². The first-order valence-corrected chi connectivity index (χ1v) is 9.82. The van der Waals surface area contributed by atoms with E-state index in [-0.39, 0.29) is 5.91 Å². The van der Waals surface area contributed by atoms with Crippen LogP contribution in [0.2, 0.25) is 0 Å². The van der Waals surface area contributed by atoms with Crippen LogP contribution in [-0.2, 0) is 6.42 Å². The lowest BCUT2D eigenvalue weighted by Crippen LogP contribution is -2.39. The van der Waals surface area contributed by atoms with Gasteiger partial charge in [0.15, 0.2) is 0 Å². The molecular formula is C22H29N3O. The Bertz CT molecular complexity index is 684. The van der Waals surface area contributed by atoms with Gasteiger partial charge in [0.05, 0.1) is 11.9 Å². The van der Waals surface area contributed by atoms with Crippen molar-refractivity contribution in [1.29, 1.82) is 0 Å². The zero-order chi connectivity index (χ0) is 18.2. The Morgan fingerprint density at radius 1 is 1.19 bits per heavy atom. The highest BCUT2D eigenvalue weighted by Crippen LogP contribution is 2.25. The quantitative estimate of drug-likeness (QED) is 0.760. The van der Waals surface area contributed by atoms with Gasteiger partial charge in [0.1, 0.15) is 5.69 Å². The van der Waals surface area contributed by atoms with Crippen LogP contribution in [0.5, 0.6) is 0 Å². The van der Waals surface area contributed by atoms with Crippen molar-refractivity contribution in [2.45, 2.75) is 51.5 Å². The first-order valence-electron chi connectivity index (χ1n) is 9.82. The molecule has 138 valence electrons. The van der Waals surface area contributed by atoms with Gasteiger partial charge in [0, 0.05) is 19.1 Å². The monoisotopic (exact) mass is 351 g/mol. The van der Waals surface area contributed by atoms with Crippen LogP contribution in [0.25, 0.3) is 0 Å². The number of amides is 1. The van der Waals surface area contributed by atoms with Crippen LogP contribution in [0.15, 0.2) is 48.7 Å². The van der Waals surface area contributed by atoms with Crippen molar-refractivity contribution in [3.8, 4) is 0 Å². The third kappa shape index (κ3) is 4.84. The molecule has 1 aliphatic heterocycles. The van der Waals surface area contributed by atoms with Crippen LogP contribution >= 0.6 is 0 Å². The number of benzene rings is 1. The van der Waals surface area contributed by atoms with Gasteiger partial charge in [-0.3, -0.25) is 4.79 Å². The second-order valence-electron chi connectivity index (χ2n) is 7.00. The topological polar surface area (TPSA) is 45.2 Å². The molecule has 1 aliphatic rings. The van der Waals surface area contributed by atoms with Crippen LogP contribution in [-0.4, -0.2) is 30.0 Å². The maximum Gasteiger partial charge on any atom is 0.269 e. The van der Waals surface area contributed by atoms with Gasteiger partial charge in [0.25, 0.3) is 5.91 Å². The molecule has 0 bridgehead atoms. The van der Waals surface area contributed by atoms with E-state index in [9.17, 15) is 4.79 Å². The van der Waals surface area contributed by atoms with Gasteiger partial charge >= 0.3 is 0 Å². The zero-order valence-electron chi connectivity index (χ0n) is 15.7. The maximum atomic E-state index is 12.3. The highest BCUT2D eigenvalue weighted by Gasteiger charge is 2.21. The number of carbonyl (C=O) groups excluding carboxylic acids is 1. The number of nitrogens with one attached hydrogen (secondary N) is 1. The van der Waals surface area contributed by atoms with E-state index < -0.39 is 0 Å². The lowest BCUT2D eigenvalue weighted by Gasteiger charge is -2.37. The first-order chi connectivity index (χ1) is 12.8. The van der Waals surface area contributed by atoms with Crippen LogP contribution in [0.4, 0.5) is 5.69 Å². The van der Waals surface area contributed by atoms with Gasteiger partial charge in [-0.05, 0) is 56.2 Å². The number of hydrogen-bond acceptors (Lipinski definition) is 3. The summed E-state index contributed by atoms with van der Waals surface area (Å²) in [4.78, 5) is 19.1. The van der Waals surface area contributed by atoms with Crippen molar-refractivity contribution in [2.24, 2.45) is 0 Å². The smallest absolute Gasteiger partial charge is 0.269 e. The third-order valence-electron chi connectivity index (χ3n) is 5.18. The van der Waals surface area contributed by atoms with E-state index in [0.717, 1.165) is 31.5 Å². The SMILES string of the molecule is CCC1CCCCN1c1ccc(C(=O)NCCCc2ccccc2)nc1. The fourth-order valence-corrected chi connectivity index (χ4v) is 3.68. The Morgan fingerprint density at radius 3 is 2.77 bits per heavy atom. The van der Waals surface area contributed by atoms with Crippen molar-refractivity contribution < 1.29 is 4.79 Å². The summed E-state index contributed by atoms with van der Waals surface area (Å²) in [5, 5.41) is 2.97. The minimum Gasteiger partial charge on any atom is -0.367 e. The Hall–Kier alpha value is -2.36. The number of piperidine rings is 1. The van der Waals surface area contributed by atoms with E-state index >= 15 is 0 Å². The summed E-state index contributed by atoms with van der Waals surface area (Å²) >= 11 is 0. The van der Waals surface area contributed by atoms with Gasteiger partial charge in [-0.1, -0.05) is 37.3 Å². The minimum atomic E-state index is -0.0877. The van der Waals surface area contributed by atoms with Crippen molar-refractivity contribution in [3.63, 3.8) is 0 Å². The number of nitrogens with zero attached hydrogens (tertiary/aromatic N) is 2. The molecule has 1 aromatic heterocycles. The number of anilines is 1. The molecule has 1 aromatic carbocycles. The Balaban J connectivity index is 1.49. The summed E-state index contributed by atoms with van der Waals surface area (Å²) in [5.41, 5.74) is 2.94. The molecule has 1 atom stereocenters. The standard InChI is InChI=1S/C22H29N3O/c1-2-19-12-6-7-16-25(19)20-13-14-21(24-17-20)22(26)23-15-8-11-18-9-4-3-5-10-18/h3-5,9-10,13-14,17,19H,2,6-8,11-12,15-16H2,1H3,(H,23,26). The van der Waals surface area contributed by atoms with Crippen molar-refractivity contribution >= 4 is 11.6 Å². The number of carbonyl (C=O) groups is 1. The molecule has 1 saturated heterocycles. The van der Waals surface area contributed by atoms with E-state index in [2.05, 4.69) is 34.3 Å². The lowest BCUT2D eigenvalue weighted by atomic mass is 9.99. The van der Waals surface area contributed by atoms with Crippen molar-refractivity contribution in [2.75, 3.05) is 18.0 Å². The summed E-state index contributed by atoms with van der Waals surface area (Å²) in [5.74, 6) is -0.0877. The molecule has 3 rings (SSSR count). The largest absolute Gasteiger partial charge is 0.367 e. The summed E-state index contributed by atoms with van der Waals surface area (Å²) < 4.78 is 0. The lowest BCUT2D eigenvalue weighted by molar-refractivity contribution is 0.0948.